The Labute approximate surface area is 119 Å². The predicted octanol–water partition coefficient (Wildman–Crippen LogP) is 4.57. The van der Waals surface area contributed by atoms with E-state index in [0.29, 0.717) is 6.07 Å². The average molecular weight is 348 g/mol. The summed E-state index contributed by atoms with van der Waals surface area (Å²) in [4.78, 5) is 9.75. The molecular formula is C12H5BrF3NO3. The highest BCUT2D eigenvalue weighted by Gasteiger charge is 2.15. The lowest BCUT2D eigenvalue weighted by molar-refractivity contribution is -0.385. The number of nitro benzene ring substituents is 1. The summed E-state index contributed by atoms with van der Waals surface area (Å²) in [6, 6.07) is 4.42. The second-order valence-electron chi connectivity index (χ2n) is 3.70. The normalized spacial score (nSPS) is 10.4. The molecular weight excluding hydrogens is 343 g/mol. The molecule has 0 bridgehead atoms. The van der Waals surface area contributed by atoms with E-state index in [9.17, 15) is 23.3 Å². The van der Waals surface area contributed by atoms with Crippen LogP contribution in [-0.4, -0.2) is 4.92 Å². The van der Waals surface area contributed by atoms with E-state index in [1.165, 1.54) is 0 Å². The van der Waals surface area contributed by atoms with Gasteiger partial charge in [0.2, 0.25) is 5.82 Å². The summed E-state index contributed by atoms with van der Waals surface area (Å²) in [5.41, 5.74) is -0.559. The minimum absolute atomic E-state index is 0.206. The smallest absolute Gasteiger partial charge is 0.276 e. The third-order valence-electron chi connectivity index (χ3n) is 2.25. The highest BCUT2D eigenvalue weighted by molar-refractivity contribution is 9.10. The van der Waals surface area contributed by atoms with E-state index in [-0.39, 0.29) is 10.2 Å². The lowest BCUT2D eigenvalue weighted by atomic mass is 10.3. The van der Waals surface area contributed by atoms with Crippen molar-refractivity contribution < 1.29 is 22.8 Å². The molecule has 104 valence electrons. The fourth-order valence-electron chi connectivity index (χ4n) is 1.45. The number of rotatable bonds is 3. The van der Waals surface area contributed by atoms with Crippen LogP contribution in [0.4, 0.5) is 18.9 Å². The Hall–Kier alpha value is -2.09. The zero-order chi connectivity index (χ0) is 14.9. The lowest BCUT2D eigenvalue weighted by Gasteiger charge is -2.08. The van der Waals surface area contributed by atoms with Crippen LogP contribution in [0.2, 0.25) is 0 Å². The van der Waals surface area contributed by atoms with Gasteiger partial charge in [0.05, 0.1) is 17.1 Å². The van der Waals surface area contributed by atoms with Gasteiger partial charge >= 0.3 is 0 Å². The van der Waals surface area contributed by atoms with Crippen molar-refractivity contribution in [1.82, 2.24) is 0 Å². The van der Waals surface area contributed by atoms with E-state index in [0.717, 1.165) is 24.3 Å². The molecule has 0 atom stereocenters. The molecule has 0 radical (unpaired) electrons. The number of halogens is 4. The number of non-ortho nitro benzene ring substituents is 1. The molecule has 0 heterocycles. The van der Waals surface area contributed by atoms with Crippen LogP contribution in [0.15, 0.2) is 34.8 Å². The summed E-state index contributed by atoms with van der Waals surface area (Å²) >= 11 is 2.94. The van der Waals surface area contributed by atoms with Crippen molar-refractivity contribution in [3.8, 4) is 11.5 Å². The van der Waals surface area contributed by atoms with Gasteiger partial charge in [-0.1, -0.05) is 15.9 Å². The molecule has 8 heteroatoms. The van der Waals surface area contributed by atoms with Crippen molar-refractivity contribution in [2.24, 2.45) is 0 Å². The Kier molecular flexibility index (Phi) is 3.93. The first-order valence-corrected chi connectivity index (χ1v) is 5.93. The first kappa shape index (κ1) is 14.3. The van der Waals surface area contributed by atoms with Crippen molar-refractivity contribution in [3.05, 3.63) is 62.4 Å². The Morgan fingerprint density at radius 3 is 2.45 bits per heavy atom. The molecule has 0 amide bonds. The third kappa shape index (κ3) is 3.08. The summed E-state index contributed by atoms with van der Waals surface area (Å²) in [6.07, 6.45) is 0. The molecule has 0 spiro atoms. The van der Waals surface area contributed by atoms with Crippen molar-refractivity contribution >= 4 is 21.6 Å². The minimum Gasteiger partial charge on any atom is -0.454 e. The van der Waals surface area contributed by atoms with E-state index < -0.39 is 33.8 Å². The van der Waals surface area contributed by atoms with Crippen LogP contribution in [0.5, 0.6) is 11.5 Å². The summed E-state index contributed by atoms with van der Waals surface area (Å²) < 4.78 is 45.0. The maximum Gasteiger partial charge on any atom is 0.276 e. The third-order valence-corrected chi connectivity index (χ3v) is 2.71. The van der Waals surface area contributed by atoms with E-state index >= 15 is 0 Å². The molecule has 20 heavy (non-hydrogen) atoms. The predicted molar refractivity (Wildman–Crippen MR) is 67.2 cm³/mol. The van der Waals surface area contributed by atoms with Gasteiger partial charge < -0.3 is 4.74 Å². The average Bonchev–Trinajstić information content (AvgIpc) is 2.34. The molecule has 0 saturated carbocycles. The van der Waals surface area contributed by atoms with E-state index in [1.807, 2.05) is 0 Å². The molecule has 0 N–H and O–H groups in total. The number of benzene rings is 2. The number of nitrogens with zero attached hydrogens (tertiary/aromatic N) is 1. The van der Waals surface area contributed by atoms with Gasteiger partial charge in [-0.25, -0.2) is 8.78 Å². The number of ether oxygens (including phenoxy) is 1. The van der Waals surface area contributed by atoms with Gasteiger partial charge in [-0.15, -0.1) is 0 Å². The summed E-state index contributed by atoms with van der Waals surface area (Å²) in [6.45, 7) is 0. The SMILES string of the molecule is O=[N+]([O-])c1cc(F)cc(Oc2cc(Br)cc(F)c2F)c1. The first-order chi connectivity index (χ1) is 9.36. The molecule has 0 aliphatic rings. The van der Waals surface area contributed by atoms with Crippen LogP contribution in [-0.2, 0) is 0 Å². The Balaban J connectivity index is 2.42. The van der Waals surface area contributed by atoms with Gasteiger partial charge in [-0.05, 0) is 12.1 Å². The summed E-state index contributed by atoms with van der Waals surface area (Å²) in [5, 5.41) is 10.6. The molecule has 0 unspecified atom stereocenters. The Morgan fingerprint density at radius 2 is 1.80 bits per heavy atom. The Morgan fingerprint density at radius 1 is 1.10 bits per heavy atom. The number of nitro groups is 1. The molecule has 2 rings (SSSR count). The van der Waals surface area contributed by atoms with Gasteiger partial charge in [-0.3, -0.25) is 10.1 Å². The zero-order valence-electron chi connectivity index (χ0n) is 9.57. The van der Waals surface area contributed by atoms with Crippen LogP contribution in [0.25, 0.3) is 0 Å². The largest absolute Gasteiger partial charge is 0.454 e. The fourth-order valence-corrected chi connectivity index (χ4v) is 1.85. The zero-order valence-corrected chi connectivity index (χ0v) is 11.2. The van der Waals surface area contributed by atoms with E-state index in [2.05, 4.69) is 15.9 Å². The molecule has 2 aromatic rings. The van der Waals surface area contributed by atoms with Gasteiger partial charge in [0.1, 0.15) is 11.6 Å². The van der Waals surface area contributed by atoms with Crippen molar-refractivity contribution in [1.29, 1.82) is 0 Å². The van der Waals surface area contributed by atoms with Crippen molar-refractivity contribution in [3.63, 3.8) is 0 Å². The van der Waals surface area contributed by atoms with Crippen LogP contribution in [0, 0.1) is 27.6 Å². The van der Waals surface area contributed by atoms with Crippen molar-refractivity contribution in [2.45, 2.75) is 0 Å². The maximum absolute atomic E-state index is 13.5. The molecule has 0 fully saturated rings. The number of hydrogen-bond acceptors (Lipinski definition) is 3. The summed E-state index contributed by atoms with van der Waals surface area (Å²) in [7, 11) is 0. The lowest BCUT2D eigenvalue weighted by Crippen LogP contribution is -1.95. The molecule has 4 nitrogen and oxygen atoms in total. The molecule has 2 aromatic carbocycles. The molecule has 0 aliphatic heterocycles. The molecule has 0 aromatic heterocycles. The minimum atomic E-state index is -1.28. The van der Waals surface area contributed by atoms with E-state index in [1.54, 1.807) is 0 Å². The molecule has 0 saturated heterocycles. The standard InChI is InChI=1S/C12H5BrF3NO3/c13-6-1-10(15)12(16)11(2-6)20-9-4-7(14)3-8(5-9)17(18)19/h1-5H. The molecule has 0 aliphatic carbocycles. The van der Waals surface area contributed by atoms with Crippen LogP contribution < -0.4 is 4.74 Å². The van der Waals surface area contributed by atoms with Gasteiger partial charge in [-0.2, -0.15) is 4.39 Å². The van der Waals surface area contributed by atoms with Gasteiger partial charge in [0.25, 0.3) is 5.69 Å². The highest BCUT2D eigenvalue weighted by Crippen LogP contribution is 2.31. The summed E-state index contributed by atoms with van der Waals surface area (Å²) in [5.74, 6) is -4.20. The fraction of sp³-hybridized carbons (Fsp3) is 0. The van der Waals surface area contributed by atoms with Crippen LogP contribution >= 0.6 is 15.9 Å². The second kappa shape index (κ2) is 5.49. The topological polar surface area (TPSA) is 52.4 Å². The van der Waals surface area contributed by atoms with Crippen LogP contribution in [0.1, 0.15) is 0 Å². The first-order valence-electron chi connectivity index (χ1n) is 5.14. The monoisotopic (exact) mass is 347 g/mol. The number of hydrogen-bond donors (Lipinski definition) is 0. The maximum atomic E-state index is 13.5. The Bertz CT molecular complexity index is 694. The van der Waals surface area contributed by atoms with Crippen LogP contribution in [0.3, 0.4) is 0 Å². The second-order valence-corrected chi connectivity index (χ2v) is 4.62. The quantitative estimate of drug-likeness (QED) is 0.464. The van der Waals surface area contributed by atoms with Gasteiger partial charge in [0, 0.05) is 10.5 Å². The van der Waals surface area contributed by atoms with Gasteiger partial charge in [0.15, 0.2) is 11.6 Å². The highest BCUT2D eigenvalue weighted by atomic mass is 79.9. The van der Waals surface area contributed by atoms with Crippen molar-refractivity contribution in [2.75, 3.05) is 0 Å². The van der Waals surface area contributed by atoms with E-state index in [4.69, 9.17) is 4.74 Å².